The SMILES string of the molecule is O=C1C(=O)N(Cc2ccncc2)C(c2ccc(O)cc2)/C1=C(/O)c1ccc2ccccc2c1. The van der Waals surface area contributed by atoms with E-state index in [1.165, 1.54) is 17.0 Å². The number of likely N-dealkylation sites (tertiary alicyclic amines) is 1. The summed E-state index contributed by atoms with van der Waals surface area (Å²) < 4.78 is 0. The van der Waals surface area contributed by atoms with Gasteiger partial charge in [0.2, 0.25) is 0 Å². The van der Waals surface area contributed by atoms with Gasteiger partial charge in [0, 0.05) is 24.5 Å². The number of benzene rings is 3. The second kappa shape index (κ2) is 8.24. The molecule has 6 heteroatoms. The largest absolute Gasteiger partial charge is 0.508 e. The number of hydrogen-bond donors (Lipinski definition) is 2. The monoisotopic (exact) mass is 436 g/mol. The molecular weight excluding hydrogens is 416 g/mol. The normalized spacial score (nSPS) is 17.6. The molecule has 3 aromatic carbocycles. The standard InChI is InChI=1S/C27H20N2O4/c30-22-9-7-19(8-10-22)24-23(25(31)21-6-5-18-3-1-2-4-20(18)15-21)26(32)27(33)29(24)16-17-11-13-28-14-12-17/h1-15,24,30-31H,16H2/b25-23-. The molecule has 6 nitrogen and oxygen atoms in total. The zero-order chi connectivity index (χ0) is 22.9. The molecule has 1 unspecified atom stereocenters. The number of aliphatic hydroxyl groups excluding tert-OH is 1. The fourth-order valence-electron chi connectivity index (χ4n) is 4.22. The molecule has 162 valence electrons. The van der Waals surface area contributed by atoms with Gasteiger partial charge < -0.3 is 15.1 Å². The molecule has 1 saturated heterocycles. The Morgan fingerprint density at radius 3 is 2.30 bits per heavy atom. The van der Waals surface area contributed by atoms with Crippen molar-refractivity contribution < 1.29 is 19.8 Å². The van der Waals surface area contributed by atoms with Gasteiger partial charge in [0.05, 0.1) is 11.6 Å². The molecule has 1 fully saturated rings. The number of Topliss-reactive ketones (excluding diaryl/α,β-unsaturated/α-hetero) is 1. The maximum atomic E-state index is 13.2. The van der Waals surface area contributed by atoms with E-state index in [1.54, 1.807) is 48.8 Å². The van der Waals surface area contributed by atoms with Crippen LogP contribution in [0.3, 0.4) is 0 Å². The summed E-state index contributed by atoms with van der Waals surface area (Å²) in [6.45, 7) is 0.174. The third-order valence-electron chi connectivity index (χ3n) is 5.87. The molecule has 1 aliphatic heterocycles. The minimum atomic E-state index is -0.801. The number of pyridine rings is 1. The Morgan fingerprint density at radius 2 is 1.58 bits per heavy atom. The number of aromatic hydroxyl groups is 1. The number of amides is 1. The predicted molar refractivity (Wildman–Crippen MR) is 124 cm³/mol. The van der Waals surface area contributed by atoms with E-state index in [2.05, 4.69) is 4.98 Å². The third-order valence-corrected chi connectivity index (χ3v) is 5.87. The molecular formula is C27H20N2O4. The lowest BCUT2D eigenvalue weighted by atomic mass is 9.94. The van der Waals surface area contributed by atoms with Crippen molar-refractivity contribution in [3.05, 3.63) is 114 Å². The Bertz CT molecular complexity index is 1390. The number of carbonyl (C=O) groups is 2. The molecule has 1 atom stereocenters. The smallest absolute Gasteiger partial charge is 0.295 e. The molecule has 1 aromatic heterocycles. The highest BCUT2D eigenvalue weighted by Gasteiger charge is 2.46. The number of fused-ring (bicyclic) bond motifs is 1. The predicted octanol–water partition coefficient (Wildman–Crippen LogP) is 4.56. The van der Waals surface area contributed by atoms with Gasteiger partial charge in [0.25, 0.3) is 11.7 Å². The summed E-state index contributed by atoms with van der Waals surface area (Å²) in [7, 11) is 0. The Kier molecular flexibility index (Phi) is 5.11. The maximum absolute atomic E-state index is 13.2. The average molecular weight is 436 g/mol. The van der Waals surface area contributed by atoms with Crippen LogP contribution in [0.2, 0.25) is 0 Å². The number of ketones is 1. The van der Waals surface area contributed by atoms with E-state index < -0.39 is 17.7 Å². The first-order valence-corrected chi connectivity index (χ1v) is 10.5. The van der Waals surface area contributed by atoms with Crippen molar-refractivity contribution >= 4 is 28.2 Å². The van der Waals surface area contributed by atoms with Gasteiger partial charge in [0.1, 0.15) is 11.5 Å². The van der Waals surface area contributed by atoms with E-state index in [0.29, 0.717) is 11.1 Å². The summed E-state index contributed by atoms with van der Waals surface area (Å²) in [5.41, 5.74) is 1.90. The minimum Gasteiger partial charge on any atom is -0.508 e. The molecule has 5 rings (SSSR count). The van der Waals surface area contributed by atoms with Crippen molar-refractivity contribution in [2.75, 3.05) is 0 Å². The molecule has 0 radical (unpaired) electrons. The van der Waals surface area contributed by atoms with E-state index in [0.717, 1.165) is 16.3 Å². The van der Waals surface area contributed by atoms with Gasteiger partial charge in [-0.1, -0.05) is 48.5 Å². The van der Waals surface area contributed by atoms with E-state index in [9.17, 15) is 19.8 Å². The number of aromatic nitrogens is 1. The van der Waals surface area contributed by atoms with Gasteiger partial charge >= 0.3 is 0 Å². The van der Waals surface area contributed by atoms with Crippen LogP contribution >= 0.6 is 0 Å². The molecule has 1 aliphatic rings. The van der Waals surface area contributed by atoms with Crippen LogP contribution in [0.1, 0.15) is 22.7 Å². The molecule has 33 heavy (non-hydrogen) atoms. The van der Waals surface area contributed by atoms with Crippen molar-refractivity contribution in [2.24, 2.45) is 0 Å². The number of phenolic OH excluding ortho intramolecular Hbond substituents is 1. The van der Waals surface area contributed by atoms with E-state index >= 15 is 0 Å². The second-order valence-electron chi connectivity index (χ2n) is 7.94. The van der Waals surface area contributed by atoms with E-state index in [1.807, 2.05) is 30.3 Å². The first-order chi connectivity index (χ1) is 16.0. The Hall–Kier alpha value is -4.45. The second-order valence-corrected chi connectivity index (χ2v) is 7.94. The third kappa shape index (κ3) is 3.72. The first kappa shape index (κ1) is 20.5. The first-order valence-electron chi connectivity index (χ1n) is 10.5. The Labute approximate surface area is 190 Å². The highest BCUT2D eigenvalue weighted by molar-refractivity contribution is 6.46. The lowest BCUT2D eigenvalue weighted by molar-refractivity contribution is -0.140. The summed E-state index contributed by atoms with van der Waals surface area (Å²) >= 11 is 0. The molecule has 2 N–H and O–H groups in total. The van der Waals surface area contributed by atoms with Gasteiger partial charge in [-0.3, -0.25) is 14.6 Å². The molecule has 0 aliphatic carbocycles. The van der Waals surface area contributed by atoms with Gasteiger partial charge in [-0.15, -0.1) is 0 Å². The molecule has 4 aromatic rings. The molecule has 1 amide bonds. The summed E-state index contributed by atoms with van der Waals surface area (Å²) in [6.07, 6.45) is 3.24. The van der Waals surface area contributed by atoms with Crippen LogP contribution in [-0.2, 0) is 16.1 Å². The van der Waals surface area contributed by atoms with Crippen molar-refractivity contribution in [2.45, 2.75) is 12.6 Å². The van der Waals surface area contributed by atoms with E-state index in [-0.39, 0.29) is 23.6 Å². The fraction of sp³-hybridized carbons (Fsp3) is 0.0741. The molecule has 2 heterocycles. The molecule has 0 spiro atoms. The number of phenols is 1. The zero-order valence-electron chi connectivity index (χ0n) is 17.6. The topological polar surface area (TPSA) is 90.7 Å². The quantitative estimate of drug-likeness (QED) is 0.278. The van der Waals surface area contributed by atoms with Crippen LogP contribution in [0, 0.1) is 0 Å². The lowest BCUT2D eigenvalue weighted by Crippen LogP contribution is -2.29. The Balaban J connectivity index is 1.66. The molecule has 0 bridgehead atoms. The van der Waals surface area contributed by atoms with Crippen LogP contribution in [-0.4, -0.2) is 31.8 Å². The number of aliphatic hydroxyl groups is 1. The summed E-state index contributed by atoms with van der Waals surface area (Å²) in [4.78, 5) is 31.7. The highest BCUT2D eigenvalue weighted by Crippen LogP contribution is 2.40. The summed E-state index contributed by atoms with van der Waals surface area (Å²) in [6, 6.07) is 22.2. The van der Waals surface area contributed by atoms with Crippen LogP contribution in [0.4, 0.5) is 0 Å². The van der Waals surface area contributed by atoms with Crippen molar-refractivity contribution in [3.8, 4) is 5.75 Å². The fourth-order valence-corrected chi connectivity index (χ4v) is 4.22. The van der Waals surface area contributed by atoms with Gasteiger partial charge in [-0.25, -0.2) is 0 Å². The van der Waals surface area contributed by atoms with Gasteiger partial charge in [-0.05, 0) is 52.2 Å². The minimum absolute atomic E-state index is 0.0232. The summed E-state index contributed by atoms with van der Waals surface area (Å²) in [5.74, 6) is -1.59. The number of hydrogen-bond acceptors (Lipinski definition) is 5. The van der Waals surface area contributed by atoms with Crippen LogP contribution in [0.25, 0.3) is 16.5 Å². The van der Waals surface area contributed by atoms with Crippen molar-refractivity contribution in [1.82, 2.24) is 9.88 Å². The lowest BCUT2D eigenvalue weighted by Gasteiger charge is -2.25. The van der Waals surface area contributed by atoms with Gasteiger partial charge in [0.15, 0.2) is 0 Å². The molecule has 0 saturated carbocycles. The summed E-state index contributed by atoms with van der Waals surface area (Å²) in [5, 5.41) is 22.9. The van der Waals surface area contributed by atoms with Crippen molar-refractivity contribution in [1.29, 1.82) is 0 Å². The number of rotatable bonds is 4. The number of nitrogens with zero attached hydrogens (tertiary/aromatic N) is 2. The highest BCUT2D eigenvalue weighted by atomic mass is 16.3. The average Bonchev–Trinajstić information content (AvgIpc) is 3.09. The van der Waals surface area contributed by atoms with E-state index in [4.69, 9.17) is 0 Å². The Morgan fingerprint density at radius 1 is 0.879 bits per heavy atom. The van der Waals surface area contributed by atoms with Crippen LogP contribution in [0.5, 0.6) is 5.75 Å². The number of carbonyl (C=O) groups excluding carboxylic acids is 2. The zero-order valence-corrected chi connectivity index (χ0v) is 17.6. The van der Waals surface area contributed by atoms with Crippen molar-refractivity contribution in [3.63, 3.8) is 0 Å². The van der Waals surface area contributed by atoms with Gasteiger partial charge in [-0.2, -0.15) is 0 Å². The van der Waals surface area contributed by atoms with Crippen LogP contribution < -0.4 is 0 Å². The maximum Gasteiger partial charge on any atom is 0.295 e. The van der Waals surface area contributed by atoms with Crippen LogP contribution in [0.15, 0.2) is 96.8 Å².